The Balaban J connectivity index is 1.11. The Hall–Kier alpha value is -11.5. The molecule has 0 saturated heterocycles. The fraction of sp³-hybridized carbons (Fsp3) is 0.0500. The van der Waals surface area contributed by atoms with Crippen LogP contribution in [0.4, 0.5) is 68.2 Å². The molecular formula is C80H58N8. The van der Waals surface area contributed by atoms with Crippen molar-refractivity contribution in [1.29, 1.82) is 0 Å². The van der Waals surface area contributed by atoms with Gasteiger partial charge in [0, 0.05) is 76.6 Å². The summed E-state index contributed by atoms with van der Waals surface area (Å²) >= 11 is 0. The van der Waals surface area contributed by atoms with Crippen LogP contribution in [0, 0.1) is 27.7 Å². The van der Waals surface area contributed by atoms with Crippen molar-refractivity contribution >= 4 is 144 Å². The maximum absolute atomic E-state index is 5.22. The van der Waals surface area contributed by atoms with E-state index in [-0.39, 0.29) is 0 Å². The van der Waals surface area contributed by atoms with Gasteiger partial charge in [0.05, 0.1) is 92.4 Å². The molecule has 0 spiro atoms. The van der Waals surface area contributed by atoms with Crippen molar-refractivity contribution in [1.82, 2.24) is 19.9 Å². The minimum Gasteiger partial charge on any atom is -0.308 e. The number of fused-ring (bicyclic) bond motifs is 4. The molecular weight excluding hydrogens is 1070 g/mol. The summed E-state index contributed by atoms with van der Waals surface area (Å²) in [5, 5.41) is 10.9. The average Bonchev–Trinajstić information content (AvgIpc) is 0.745. The third-order valence-corrected chi connectivity index (χ3v) is 17.9. The predicted octanol–water partition coefficient (Wildman–Crippen LogP) is 21.9. The highest BCUT2D eigenvalue weighted by molar-refractivity contribution is 6.33. The quantitative estimate of drug-likeness (QED) is 0.112. The van der Waals surface area contributed by atoms with Crippen LogP contribution in [-0.2, 0) is 0 Å². The Morgan fingerprint density at radius 2 is 0.409 bits per heavy atom. The smallest absolute Gasteiger partial charge is 0.0706 e. The summed E-state index contributed by atoms with van der Waals surface area (Å²) < 4.78 is 0. The molecule has 0 N–H and O–H groups in total. The lowest BCUT2D eigenvalue weighted by molar-refractivity contribution is 1.21. The van der Waals surface area contributed by atoms with Gasteiger partial charge >= 0.3 is 0 Å². The van der Waals surface area contributed by atoms with Crippen molar-refractivity contribution in [2.24, 2.45) is 0 Å². The minimum atomic E-state index is 0.946. The molecule has 0 amide bonds. The second kappa shape index (κ2) is 21.2. The topological polar surface area (TPSA) is 64.5 Å². The van der Waals surface area contributed by atoms with Gasteiger partial charge in [0.25, 0.3) is 0 Å². The molecule has 0 unspecified atom stereocenters. The number of aromatic nitrogens is 4. The van der Waals surface area contributed by atoms with Gasteiger partial charge in [-0.15, -0.1) is 0 Å². The SMILES string of the molecule is Cc1c(N(c2ccccc2)c2cc(N(c3ccccc3)c3cnc4ccccc4c3C)c3ccc4c(N(c5ccccc5)c5cnc6ccccc6c5C)cc(N(c5ccccc5)c5cnc6ccccc6c5C)c5ccc2c3c54)cnc2ccccc12. The number of nitrogens with zero attached hydrogens (tertiary/aromatic N) is 8. The third kappa shape index (κ3) is 8.44. The maximum atomic E-state index is 5.22. The van der Waals surface area contributed by atoms with Crippen molar-refractivity contribution in [3.63, 3.8) is 0 Å². The Bertz CT molecular complexity index is 4690. The zero-order chi connectivity index (χ0) is 59.0. The number of benzene rings is 12. The molecule has 8 nitrogen and oxygen atoms in total. The monoisotopic (exact) mass is 1130 g/mol. The van der Waals surface area contributed by atoms with Crippen LogP contribution >= 0.6 is 0 Å². The molecule has 0 fully saturated rings. The van der Waals surface area contributed by atoms with E-state index in [9.17, 15) is 0 Å². The van der Waals surface area contributed by atoms with E-state index in [2.05, 4.69) is 327 Å². The highest BCUT2D eigenvalue weighted by Gasteiger charge is 2.31. The normalized spacial score (nSPS) is 11.6. The van der Waals surface area contributed by atoms with Crippen LogP contribution in [0.5, 0.6) is 0 Å². The highest BCUT2D eigenvalue weighted by Crippen LogP contribution is 2.56. The van der Waals surface area contributed by atoms with Gasteiger partial charge in [0.2, 0.25) is 0 Å². The van der Waals surface area contributed by atoms with Gasteiger partial charge < -0.3 is 19.6 Å². The van der Waals surface area contributed by atoms with Gasteiger partial charge in [-0.2, -0.15) is 0 Å². The molecule has 0 saturated carbocycles. The molecule has 0 aliphatic heterocycles. The van der Waals surface area contributed by atoms with Gasteiger partial charge in [-0.25, -0.2) is 0 Å². The molecule has 418 valence electrons. The molecule has 16 aromatic rings. The molecule has 88 heavy (non-hydrogen) atoms. The van der Waals surface area contributed by atoms with E-state index in [1.165, 1.54) is 0 Å². The van der Waals surface area contributed by atoms with Crippen molar-refractivity contribution in [3.05, 3.63) is 302 Å². The lowest BCUT2D eigenvalue weighted by atomic mass is 9.88. The molecule has 4 heterocycles. The van der Waals surface area contributed by atoms with Gasteiger partial charge in [0.15, 0.2) is 0 Å². The second-order valence-electron chi connectivity index (χ2n) is 22.7. The lowest BCUT2D eigenvalue weighted by Gasteiger charge is -2.35. The van der Waals surface area contributed by atoms with Crippen molar-refractivity contribution < 1.29 is 0 Å². The summed E-state index contributed by atoms with van der Waals surface area (Å²) in [5.74, 6) is 0. The number of hydrogen-bond acceptors (Lipinski definition) is 8. The molecule has 0 aliphatic carbocycles. The Morgan fingerprint density at radius 1 is 0.205 bits per heavy atom. The molecule has 0 atom stereocenters. The van der Waals surface area contributed by atoms with Gasteiger partial charge in [0.1, 0.15) is 0 Å². The molecule has 16 rings (SSSR count). The first-order chi connectivity index (χ1) is 43.4. The van der Waals surface area contributed by atoms with Crippen LogP contribution in [-0.4, -0.2) is 19.9 Å². The summed E-state index contributed by atoms with van der Waals surface area (Å²) in [4.78, 5) is 30.6. The molecule has 12 aromatic carbocycles. The van der Waals surface area contributed by atoms with Crippen molar-refractivity contribution in [2.45, 2.75) is 27.7 Å². The number of aryl methyl sites for hydroxylation is 4. The number of rotatable bonds is 12. The average molecular weight is 1130 g/mol. The standard InChI is InChI=1S/C80H58N8/c1-51-59-33-17-21-37-67(59)81-47-75(51)85(55-25-9-5-10-26-55)71-45-72(86(56-27-11-6-12-28-56)76-48-82-68-38-22-18-34-60(68)52(76)2)64-43-44-66-74(88(58-31-15-8-16-32-58)78-50-84-70-40-24-20-36-62(70)54(78)4)46-73(65-42-41-63(71)79(64)80(65)66)87(57-29-13-7-14-30-57)77-49-83-69-39-23-19-35-61(69)53(77)3/h5-50H,1-4H3. The zero-order valence-corrected chi connectivity index (χ0v) is 49.1. The van der Waals surface area contributed by atoms with Crippen LogP contribution < -0.4 is 19.6 Å². The van der Waals surface area contributed by atoms with Gasteiger partial charge in [-0.3, -0.25) is 19.9 Å². The minimum absolute atomic E-state index is 0.946. The first-order valence-electron chi connectivity index (χ1n) is 29.9. The zero-order valence-electron chi connectivity index (χ0n) is 49.1. The molecule has 0 aliphatic rings. The first-order valence-corrected chi connectivity index (χ1v) is 29.9. The Labute approximate surface area is 510 Å². The molecule has 0 bridgehead atoms. The van der Waals surface area contributed by atoms with E-state index >= 15 is 0 Å². The fourth-order valence-corrected chi connectivity index (χ4v) is 13.6. The van der Waals surface area contributed by atoms with E-state index in [0.717, 1.165) is 166 Å². The van der Waals surface area contributed by atoms with Crippen molar-refractivity contribution in [2.75, 3.05) is 19.6 Å². The molecule has 0 radical (unpaired) electrons. The fourth-order valence-electron chi connectivity index (χ4n) is 13.6. The number of para-hydroxylation sites is 8. The van der Waals surface area contributed by atoms with E-state index in [1.54, 1.807) is 0 Å². The summed E-state index contributed by atoms with van der Waals surface area (Å²) in [6.45, 7) is 8.92. The van der Waals surface area contributed by atoms with Gasteiger partial charge in [-0.1, -0.05) is 170 Å². The second-order valence-corrected chi connectivity index (χ2v) is 22.7. The number of anilines is 12. The summed E-state index contributed by atoms with van der Waals surface area (Å²) in [7, 11) is 0. The van der Waals surface area contributed by atoms with Crippen LogP contribution in [0.3, 0.4) is 0 Å². The lowest BCUT2D eigenvalue weighted by Crippen LogP contribution is -2.17. The Kier molecular flexibility index (Phi) is 12.6. The van der Waals surface area contributed by atoms with E-state index in [4.69, 9.17) is 19.9 Å². The third-order valence-electron chi connectivity index (χ3n) is 17.9. The van der Waals surface area contributed by atoms with E-state index in [1.807, 2.05) is 0 Å². The summed E-state index contributed by atoms with van der Waals surface area (Å²) in [6, 6.07) is 91.2. The Morgan fingerprint density at radius 3 is 0.636 bits per heavy atom. The van der Waals surface area contributed by atoms with E-state index < -0.39 is 0 Å². The predicted molar refractivity (Wildman–Crippen MR) is 369 cm³/mol. The largest absolute Gasteiger partial charge is 0.308 e. The van der Waals surface area contributed by atoms with Crippen LogP contribution in [0.2, 0.25) is 0 Å². The number of hydrogen-bond donors (Lipinski definition) is 0. The highest BCUT2D eigenvalue weighted by atomic mass is 15.2. The molecule has 8 heteroatoms. The van der Waals surface area contributed by atoms with Crippen molar-refractivity contribution in [3.8, 4) is 0 Å². The van der Waals surface area contributed by atoms with Crippen LogP contribution in [0.1, 0.15) is 22.3 Å². The maximum Gasteiger partial charge on any atom is 0.0706 e. The van der Waals surface area contributed by atoms with E-state index in [0.29, 0.717) is 0 Å². The van der Waals surface area contributed by atoms with Crippen LogP contribution in [0.15, 0.2) is 280 Å². The van der Waals surface area contributed by atoms with Crippen LogP contribution in [0.25, 0.3) is 75.9 Å². The first kappa shape index (κ1) is 52.1. The summed E-state index contributed by atoms with van der Waals surface area (Å²) in [5.41, 5.74) is 20.2. The summed E-state index contributed by atoms with van der Waals surface area (Å²) in [6.07, 6.45) is 8.22. The van der Waals surface area contributed by atoms with Gasteiger partial charge in [-0.05, 0) is 135 Å². The molecule has 4 aromatic heterocycles. The number of pyridine rings is 4.